The molecule has 0 radical (unpaired) electrons. The van der Waals surface area contributed by atoms with Gasteiger partial charge < -0.3 is 5.32 Å². The number of aromatic nitrogens is 2. The Bertz CT molecular complexity index is 752. The minimum atomic E-state index is -0.881. The van der Waals surface area contributed by atoms with E-state index in [1.807, 2.05) is 16.0 Å². The van der Waals surface area contributed by atoms with Crippen LogP contribution in [-0.2, 0) is 6.54 Å². The number of amides is 1. The molecule has 0 fully saturated rings. The van der Waals surface area contributed by atoms with E-state index in [9.17, 15) is 13.6 Å². The van der Waals surface area contributed by atoms with E-state index in [4.69, 9.17) is 0 Å². The Labute approximate surface area is 116 Å². The number of fused-ring (bicyclic) bond motifs is 1. The molecule has 0 spiro atoms. The quantitative estimate of drug-likeness (QED) is 0.807. The lowest BCUT2D eigenvalue weighted by molar-refractivity contribution is 0.0946. The first kappa shape index (κ1) is 12.7. The fraction of sp³-hybridized carbons (Fsp3) is 0.0769. The van der Waals surface area contributed by atoms with Gasteiger partial charge >= 0.3 is 0 Å². The van der Waals surface area contributed by atoms with E-state index in [0.717, 1.165) is 17.1 Å². The van der Waals surface area contributed by atoms with Gasteiger partial charge in [-0.3, -0.25) is 9.20 Å². The van der Waals surface area contributed by atoms with E-state index in [1.54, 1.807) is 6.20 Å². The Morgan fingerprint density at radius 3 is 3.00 bits per heavy atom. The Morgan fingerprint density at radius 1 is 1.40 bits per heavy atom. The Kier molecular flexibility index (Phi) is 3.19. The summed E-state index contributed by atoms with van der Waals surface area (Å²) in [6, 6.07) is 2.85. The molecule has 4 nitrogen and oxygen atoms in total. The second-order valence-corrected chi connectivity index (χ2v) is 5.00. The third-order valence-electron chi connectivity index (χ3n) is 2.75. The molecule has 1 amide bonds. The van der Waals surface area contributed by atoms with Crippen LogP contribution in [0.2, 0.25) is 0 Å². The van der Waals surface area contributed by atoms with Crippen LogP contribution in [0.1, 0.15) is 16.1 Å². The Balaban J connectivity index is 1.71. The van der Waals surface area contributed by atoms with Crippen molar-refractivity contribution in [3.63, 3.8) is 0 Å². The van der Waals surface area contributed by atoms with Crippen molar-refractivity contribution in [1.82, 2.24) is 14.7 Å². The molecule has 1 aromatic carbocycles. The number of carbonyl (C=O) groups excluding carboxylic acids is 1. The molecule has 2 heterocycles. The van der Waals surface area contributed by atoms with E-state index < -0.39 is 17.5 Å². The van der Waals surface area contributed by atoms with Crippen molar-refractivity contribution in [3.8, 4) is 0 Å². The monoisotopic (exact) mass is 293 g/mol. The SMILES string of the molecule is O=C(NCc1cn2ccsc2n1)c1ccc(F)cc1F. The topological polar surface area (TPSA) is 46.4 Å². The third kappa shape index (κ3) is 2.39. The summed E-state index contributed by atoms with van der Waals surface area (Å²) in [5.41, 5.74) is 0.486. The lowest BCUT2D eigenvalue weighted by Crippen LogP contribution is -2.24. The molecule has 0 unspecified atom stereocenters. The number of hydrogen-bond donors (Lipinski definition) is 1. The number of imidazole rings is 1. The van der Waals surface area contributed by atoms with E-state index in [1.165, 1.54) is 11.3 Å². The number of halogens is 2. The van der Waals surface area contributed by atoms with E-state index in [2.05, 4.69) is 10.3 Å². The molecule has 2 aromatic heterocycles. The van der Waals surface area contributed by atoms with Gasteiger partial charge in [0.15, 0.2) is 4.96 Å². The minimum Gasteiger partial charge on any atom is -0.346 e. The fourth-order valence-corrected chi connectivity index (χ4v) is 2.52. The van der Waals surface area contributed by atoms with E-state index in [-0.39, 0.29) is 12.1 Å². The summed E-state index contributed by atoms with van der Waals surface area (Å²) in [6.07, 6.45) is 3.64. The van der Waals surface area contributed by atoms with Gasteiger partial charge in [0, 0.05) is 23.8 Å². The second-order valence-electron chi connectivity index (χ2n) is 4.13. The van der Waals surface area contributed by atoms with Crippen molar-refractivity contribution < 1.29 is 13.6 Å². The number of carbonyl (C=O) groups is 1. The van der Waals surface area contributed by atoms with Crippen molar-refractivity contribution >= 4 is 22.2 Å². The van der Waals surface area contributed by atoms with E-state index in [0.29, 0.717) is 11.8 Å². The minimum absolute atomic E-state index is 0.185. The van der Waals surface area contributed by atoms with E-state index >= 15 is 0 Å². The Morgan fingerprint density at radius 2 is 2.25 bits per heavy atom. The lowest BCUT2D eigenvalue weighted by atomic mass is 10.2. The normalized spacial score (nSPS) is 10.9. The van der Waals surface area contributed by atoms with Crippen LogP contribution in [0.5, 0.6) is 0 Å². The number of hydrogen-bond acceptors (Lipinski definition) is 3. The summed E-state index contributed by atoms with van der Waals surface area (Å²) < 4.78 is 28.0. The van der Waals surface area contributed by atoms with Crippen LogP contribution in [0.3, 0.4) is 0 Å². The van der Waals surface area contributed by atoms with Gasteiger partial charge in [0.05, 0.1) is 17.8 Å². The molecule has 3 rings (SSSR count). The summed E-state index contributed by atoms with van der Waals surface area (Å²) in [4.78, 5) is 16.9. The molecule has 0 atom stereocenters. The van der Waals surface area contributed by atoms with Gasteiger partial charge in [0.1, 0.15) is 11.6 Å². The zero-order valence-electron chi connectivity index (χ0n) is 10.1. The van der Waals surface area contributed by atoms with Gasteiger partial charge in [0.25, 0.3) is 5.91 Å². The van der Waals surface area contributed by atoms with Crippen molar-refractivity contribution in [2.24, 2.45) is 0 Å². The van der Waals surface area contributed by atoms with Crippen LogP contribution in [0.25, 0.3) is 4.96 Å². The molecule has 3 aromatic rings. The smallest absolute Gasteiger partial charge is 0.254 e. The van der Waals surface area contributed by atoms with Crippen LogP contribution in [-0.4, -0.2) is 15.3 Å². The first-order valence-electron chi connectivity index (χ1n) is 5.78. The van der Waals surface area contributed by atoms with Crippen LogP contribution < -0.4 is 5.32 Å². The summed E-state index contributed by atoms with van der Waals surface area (Å²) in [5.74, 6) is -2.19. The van der Waals surface area contributed by atoms with Gasteiger partial charge in [-0.05, 0) is 12.1 Å². The van der Waals surface area contributed by atoms with Crippen molar-refractivity contribution in [1.29, 1.82) is 0 Å². The molecule has 20 heavy (non-hydrogen) atoms. The molecule has 0 aliphatic carbocycles. The molecular weight excluding hydrogens is 284 g/mol. The zero-order chi connectivity index (χ0) is 14.1. The number of rotatable bonds is 3. The van der Waals surface area contributed by atoms with Crippen LogP contribution in [0.4, 0.5) is 8.78 Å². The number of thiazole rings is 1. The molecule has 0 saturated heterocycles. The molecule has 0 bridgehead atoms. The largest absolute Gasteiger partial charge is 0.346 e. The highest BCUT2D eigenvalue weighted by Gasteiger charge is 2.12. The number of benzene rings is 1. The van der Waals surface area contributed by atoms with Crippen molar-refractivity contribution in [3.05, 3.63) is 58.9 Å². The second kappa shape index (κ2) is 5.01. The standard InChI is InChI=1S/C13H9F2N3OS/c14-8-1-2-10(11(15)5-8)12(19)16-6-9-7-18-3-4-20-13(18)17-9/h1-5,7H,6H2,(H,16,19). The average Bonchev–Trinajstić information content (AvgIpc) is 2.96. The maximum absolute atomic E-state index is 13.4. The highest BCUT2D eigenvalue weighted by molar-refractivity contribution is 7.15. The first-order chi connectivity index (χ1) is 9.63. The summed E-state index contributed by atoms with van der Waals surface area (Å²) in [6.45, 7) is 0.185. The maximum atomic E-state index is 13.4. The third-order valence-corrected chi connectivity index (χ3v) is 3.52. The molecule has 1 N–H and O–H groups in total. The van der Waals surface area contributed by atoms with Crippen LogP contribution >= 0.6 is 11.3 Å². The van der Waals surface area contributed by atoms with Crippen molar-refractivity contribution in [2.75, 3.05) is 0 Å². The molecule has 7 heteroatoms. The summed E-state index contributed by atoms with van der Waals surface area (Å²) in [7, 11) is 0. The van der Waals surface area contributed by atoms with Crippen LogP contribution in [0.15, 0.2) is 36.0 Å². The van der Waals surface area contributed by atoms with Gasteiger partial charge in [-0.2, -0.15) is 0 Å². The highest BCUT2D eigenvalue weighted by atomic mass is 32.1. The predicted molar refractivity (Wildman–Crippen MR) is 70.6 cm³/mol. The molecule has 0 aliphatic rings. The number of nitrogens with one attached hydrogen (secondary N) is 1. The predicted octanol–water partition coefficient (Wildman–Crippen LogP) is 2.60. The molecule has 0 saturated carbocycles. The first-order valence-corrected chi connectivity index (χ1v) is 6.66. The number of nitrogens with zero attached hydrogens (tertiary/aromatic N) is 2. The van der Waals surface area contributed by atoms with Gasteiger partial charge in [-0.25, -0.2) is 13.8 Å². The molecule has 102 valence electrons. The molecular formula is C13H9F2N3OS. The maximum Gasteiger partial charge on any atom is 0.254 e. The summed E-state index contributed by atoms with van der Waals surface area (Å²) in [5, 5.41) is 4.46. The van der Waals surface area contributed by atoms with Crippen LogP contribution in [0, 0.1) is 11.6 Å². The summed E-state index contributed by atoms with van der Waals surface area (Å²) >= 11 is 1.48. The van der Waals surface area contributed by atoms with Gasteiger partial charge in [-0.1, -0.05) is 0 Å². The highest BCUT2D eigenvalue weighted by Crippen LogP contribution is 2.12. The Hall–Kier alpha value is -2.28. The van der Waals surface area contributed by atoms with Crippen molar-refractivity contribution in [2.45, 2.75) is 6.54 Å². The fourth-order valence-electron chi connectivity index (χ4n) is 1.80. The lowest BCUT2D eigenvalue weighted by Gasteiger charge is -2.04. The van der Waals surface area contributed by atoms with Gasteiger partial charge in [-0.15, -0.1) is 11.3 Å². The van der Waals surface area contributed by atoms with Gasteiger partial charge in [0.2, 0.25) is 0 Å². The zero-order valence-corrected chi connectivity index (χ0v) is 11.0. The molecule has 0 aliphatic heterocycles. The average molecular weight is 293 g/mol.